The highest BCUT2D eigenvalue weighted by Gasteiger charge is 2.34. The molecule has 1 unspecified atom stereocenters. The fourth-order valence-electron chi connectivity index (χ4n) is 3.73. The van der Waals surface area contributed by atoms with E-state index >= 15 is 0 Å². The van der Waals surface area contributed by atoms with Crippen molar-refractivity contribution in [3.05, 3.63) is 99.7 Å². The minimum absolute atomic E-state index is 0.0560. The first kappa shape index (κ1) is 23.4. The Bertz CT molecular complexity index is 1540. The van der Waals surface area contributed by atoms with Gasteiger partial charge in [0.2, 0.25) is 0 Å². The largest absolute Gasteiger partial charge is 0.497 e. The van der Waals surface area contributed by atoms with Crippen LogP contribution in [0.4, 0.5) is 5.69 Å². The zero-order chi connectivity index (χ0) is 24.6. The van der Waals surface area contributed by atoms with E-state index in [0.717, 1.165) is 16.9 Å². The van der Waals surface area contributed by atoms with Gasteiger partial charge in [0.25, 0.3) is 11.2 Å². The predicted molar refractivity (Wildman–Crippen MR) is 127 cm³/mol. The molecule has 1 aromatic heterocycles. The number of nitro groups is 1. The van der Waals surface area contributed by atoms with E-state index in [2.05, 4.69) is 4.99 Å². The predicted octanol–water partition coefficient (Wildman–Crippen LogP) is 2.98. The number of allylic oxidation sites excluding steroid dienone is 1. The van der Waals surface area contributed by atoms with Gasteiger partial charge in [-0.3, -0.25) is 19.5 Å². The molecule has 0 amide bonds. The molecule has 0 radical (unpaired) electrons. The van der Waals surface area contributed by atoms with E-state index in [0.29, 0.717) is 26.3 Å². The molecule has 34 heavy (non-hydrogen) atoms. The second-order valence-corrected chi connectivity index (χ2v) is 8.73. The van der Waals surface area contributed by atoms with Crippen LogP contribution in [0.5, 0.6) is 5.75 Å². The summed E-state index contributed by atoms with van der Waals surface area (Å²) in [5.41, 5.74) is 0.801. The number of carbonyl (C=O) groups is 1. The lowest BCUT2D eigenvalue weighted by Gasteiger charge is -2.24. The van der Waals surface area contributed by atoms with Crippen molar-refractivity contribution in [3.63, 3.8) is 0 Å². The Morgan fingerprint density at radius 2 is 2.03 bits per heavy atom. The number of nitro benzene ring substituents is 1. The molecule has 0 fully saturated rings. The maximum atomic E-state index is 13.5. The number of halogens is 1. The maximum absolute atomic E-state index is 13.5. The van der Waals surface area contributed by atoms with Gasteiger partial charge < -0.3 is 9.47 Å². The molecule has 1 atom stereocenters. The molecular formula is C23H18ClN3O6S. The smallest absolute Gasteiger partial charge is 0.338 e. The number of hydrogen-bond acceptors (Lipinski definition) is 8. The van der Waals surface area contributed by atoms with E-state index < -0.39 is 22.5 Å². The third kappa shape index (κ3) is 4.13. The summed E-state index contributed by atoms with van der Waals surface area (Å²) in [7, 11) is 2.77. The Labute approximate surface area is 202 Å². The third-order valence-electron chi connectivity index (χ3n) is 5.30. The highest BCUT2D eigenvalue weighted by atomic mass is 35.5. The number of fused-ring (bicyclic) bond motifs is 1. The van der Waals surface area contributed by atoms with Crippen LogP contribution in [0.1, 0.15) is 24.1 Å². The normalized spacial score (nSPS) is 15.5. The van der Waals surface area contributed by atoms with Gasteiger partial charge in [0.05, 0.1) is 41.0 Å². The molecule has 2 heterocycles. The summed E-state index contributed by atoms with van der Waals surface area (Å²) in [4.78, 5) is 41.9. The first-order chi connectivity index (χ1) is 16.2. The molecule has 2 aromatic carbocycles. The number of thiazole rings is 1. The Kier molecular flexibility index (Phi) is 6.36. The molecule has 1 aliphatic heterocycles. The molecule has 174 valence electrons. The number of benzene rings is 2. The Hall–Kier alpha value is -3.76. The lowest BCUT2D eigenvalue weighted by atomic mass is 9.95. The first-order valence-electron chi connectivity index (χ1n) is 9.94. The lowest BCUT2D eigenvalue weighted by Crippen LogP contribution is -2.39. The van der Waals surface area contributed by atoms with E-state index in [9.17, 15) is 19.7 Å². The zero-order valence-corrected chi connectivity index (χ0v) is 19.8. The summed E-state index contributed by atoms with van der Waals surface area (Å²) in [6, 6.07) is 10.4. The number of aromatic nitrogens is 1. The van der Waals surface area contributed by atoms with Crippen molar-refractivity contribution in [1.29, 1.82) is 0 Å². The van der Waals surface area contributed by atoms with Gasteiger partial charge in [-0.15, -0.1) is 0 Å². The number of methoxy groups -OCH3 is 2. The number of rotatable bonds is 5. The van der Waals surface area contributed by atoms with Gasteiger partial charge in [0.15, 0.2) is 4.80 Å². The Morgan fingerprint density at radius 3 is 2.71 bits per heavy atom. The van der Waals surface area contributed by atoms with Crippen molar-refractivity contribution in [2.45, 2.75) is 13.0 Å². The standard InChI is InChI=1S/C23H18ClN3O6S/c1-12-19(22(29)33-3)20(14-7-8-16(24)17(11-14)27(30)31)26-21(28)18(34-23(26)25-12)10-13-5-4-6-15(9-13)32-2/h4-11,20H,1-3H3. The molecule has 0 bridgehead atoms. The van der Waals surface area contributed by atoms with Crippen molar-refractivity contribution >= 4 is 40.7 Å². The summed E-state index contributed by atoms with van der Waals surface area (Å²) in [5, 5.41) is 11.4. The van der Waals surface area contributed by atoms with Crippen LogP contribution >= 0.6 is 22.9 Å². The van der Waals surface area contributed by atoms with Gasteiger partial charge in [-0.2, -0.15) is 0 Å². The molecule has 9 nitrogen and oxygen atoms in total. The van der Waals surface area contributed by atoms with E-state index in [1.54, 1.807) is 44.4 Å². The number of hydrogen-bond donors (Lipinski definition) is 0. The van der Waals surface area contributed by atoms with Crippen LogP contribution < -0.4 is 19.6 Å². The minimum atomic E-state index is -0.980. The topological polar surface area (TPSA) is 113 Å². The quantitative estimate of drug-likeness (QED) is 0.303. The fraction of sp³-hybridized carbons (Fsp3) is 0.174. The summed E-state index contributed by atoms with van der Waals surface area (Å²) >= 11 is 7.14. The Morgan fingerprint density at radius 1 is 1.26 bits per heavy atom. The van der Waals surface area contributed by atoms with Gasteiger partial charge in [-0.05, 0) is 42.3 Å². The summed E-state index contributed by atoms with van der Waals surface area (Å²) in [6.07, 6.45) is 1.70. The van der Waals surface area contributed by atoms with Gasteiger partial charge in [0.1, 0.15) is 10.8 Å². The van der Waals surface area contributed by atoms with Crippen molar-refractivity contribution in [3.8, 4) is 5.75 Å². The molecule has 4 rings (SSSR count). The SMILES string of the molecule is COC(=O)C1=C(C)N=c2sc(=Cc3cccc(OC)c3)c(=O)n2C1c1ccc(Cl)c([N+](=O)[O-])c1. The average molecular weight is 500 g/mol. The molecule has 0 aliphatic carbocycles. The van der Waals surface area contributed by atoms with E-state index in [1.807, 2.05) is 6.07 Å². The van der Waals surface area contributed by atoms with E-state index in [-0.39, 0.29) is 16.3 Å². The molecule has 0 saturated carbocycles. The molecule has 3 aromatic rings. The molecule has 1 aliphatic rings. The maximum Gasteiger partial charge on any atom is 0.338 e. The van der Waals surface area contributed by atoms with Crippen molar-refractivity contribution < 1.29 is 19.2 Å². The third-order valence-corrected chi connectivity index (χ3v) is 6.60. The van der Waals surface area contributed by atoms with Crippen LogP contribution in [0.3, 0.4) is 0 Å². The Balaban J connectivity index is 1.99. The summed E-state index contributed by atoms with van der Waals surface area (Å²) in [6.45, 7) is 1.63. The van der Waals surface area contributed by atoms with Crippen LogP contribution in [0.2, 0.25) is 5.02 Å². The molecule has 0 saturated heterocycles. The average Bonchev–Trinajstić information content (AvgIpc) is 3.12. The molecular weight excluding hydrogens is 482 g/mol. The van der Waals surface area contributed by atoms with Crippen LogP contribution in [0.15, 0.2) is 63.5 Å². The van der Waals surface area contributed by atoms with Crippen molar-refractivity contribution in [2.24, 2.45) is 4.99 Å². The second-order valence-electron chi connectivity index (χ2n) is 7.32. The molecule has 11 heteroatoms. The van der Waals surface area contributed by atoms with E-state index in [1.165, 1.54) is 23.8 Å². The molecule has 0 spiro atoms. The summed E-state index contributed by atoms with van der Waals surface area (Å²) in [5.74, 6) is -0.0531. The van der Waals surface area contributed by atoms with Gasteiger partial charge in [-0.1, -0.05) is 41.1 Å². The lowest BCUT2D eigenvalue weighted by molar-refractivity contribution is -0.384. The van der Waals surface area contributed by atoms with Gasteiger partial charge >= 0.3 is 5.97 Å². The van der Waals surface area contributed by atoms with Crippen LogP contribution in [-0.4, -0.2) is 29.7 Å². The number of esters is 1. The summed E-state index contributed by atoms with van der Waals surface area (Å²) < 4.78 is 11.9. The second kappa shape index (κ2) is 9.24. The first-order valence-corrected chi connectivity index (χ1v) is 11.1. The van der Waals surface area contributed by atoms with Crippen molar-refractivity contribution in [1.82, 2.24) is 4.57 Å². The zero-order valence-electron chi connectivity index (χ0n) is 18.3. The van der Waals surface area contributed by atoms with Crippen LogP contribution in [-0.2, 0) is 9.53 Å². The van der Waals surface area contributed by atoms with Gasteiger partial charge in [0, 0.05) is 6.07 Å². The van der Waals surface area contributed by atoms with Gasteiger partial charge in [-0.25, -0.2) is 9.79 Å². The molecule has 0 N–H and O–H groups in total. The van der Waals surface area contributed by atoms with E-state index in [4.69, 9.17) is 21.1 Å². The highest BCUT2D eigenvalue weighted by molar-refractivity contribution is 7.07. The van der Waals surface area contributed by atoms with Crippen molar-refractivity contribution in [2.75, 3.05) is 14.2 Å². The van der Waals surface area contributed by atoms with Crippen LogP contribution in [0.25, 0.3) is 6.08 Å². The van der Waals surface area contributed by atoms with Crippen LogP contribution in [0, 0.1) is 10.1 Å². The number of nitrogens with zero attached hydrogens (tertiary/aromatic N) is 3. The highest BCUT2D eigenvalue weighted by Crippen LogP contribution is 2.34. The number of ether oxygens (including phenoxy) is 2. The fourth-order valence-corrected chi connectivity index (χ4v) is 4.96. The number of carbonyl (C=O) groups excluding carboxylic acids is 1. The monoisotopic (exact) mass is 499 g/mol. The minimum Gasteiger partial charge on any atom is -0.497 e.